The first-order valence-electron chi connectivity index (χ1n) is 10.7. The fourth-order valence-corrected chi connectivity index (χ4v) is 4.57. The van der Waals surface area contributed by atoms with Crippen LogP contribution >= 0.6 is 11.3 Å². The third-order valence-electron chi connectivity index (χ3n) is 5.59. The molecule has 1 fully saturated rings. The summed E-state index contributed by atoms with van der Waals surface area (Å²) in [5.41, 5.74) is 7.10. The first-order chi connectivity index (χ1) is 15.9. The number of thiazole rings is 1. The molecule has 0 bridgehead atoms. The van der Waals surface area contributed by atoms with Gasteiger partial charge in [0.15, 0.2) is 5.01 Å². The lowest BCUT2D eigenvalue weighted by Crippen LogP contribution is -2.51. The molecule has 3 N–H and O–H groups in total. The maximum absolute atomic E-state index is 13.1. The Morgan fingerprint density at radius 1 is 1.35 bits per heavy atom. The molecule has 7 nitrogen and oxygen atoms in total. The van der Waals surface area contributed by atoms with E-state index in [-0.39, 0.29) is 11.3 Å². The Morgan fingerprint density at radius 3 is 2.68 bits per heavy atom. The average molecular weight is 494 g/mol. The number of rotatable bonds is 3. The number of likely N-dealkylation sites (tertiary alicyclic amines) is 1. The molecule has 0 aliphatic carbocycles. The first kappa shape index (κ1) is 25.4. The topological polar surface area (TPSA) is 101 Å². The van der Waals surface area contributed by atoms with Crippen LogP contribution in [-0.4, -0.2) is 39.3 Å². The Hall–Kier alpha value is -3.21. The molecule has 0 spiro atoms. The van der Waals surface area contributed by atoms with Crippen molar-refractivity contribution in [1.82, 2.24) is 14.9 Å². The first-order valence-corrected chi connectivity index (χ1v) is 11.5. The lowest BCUT2D eigenvalue weighted by Gasteiger charge is -2.38. The van der Waals surface area contributed by atoms with Crippen LogP contribution < -0.4 is 20.9 Å². The van der Waals surface area contributed by atoms with Gasteiger partial charge >= 0.3 is 18.0 Å². The number of hydrogen-bond donors (Lipinski definition) is 2. The standard InChI is InChI=1S/C23H26F3N5O2S/c1-5-18-16(30-22(34-18)23(24,25)26)9-13(3)17-7-6-12(2)11-31(17)21(33)20(32)29-15-8-14(4)19(27)28-10-15/h5,8-10,12,17H,3,6-7,11H2,1-2,4H3,(H2,27,28)(H,29,32)/b16-9+,18-5+/t12-,17+/m1/s1. The molecule has 34 heavy (non-hydrogen) atoms. The number of alkyl halides is 3. The number of aromatic nitrogens is 2. The van der Waals surface area contributed by atoms with Gasteiger partial charge in [0.25, 0.3) is 0 Å². The second-order valence-corrected chi connectivity index (χ2v) is 9.34. The summed E-state index contributed by atoms with van der Waals surface area (Å²) in [7, 11) is 0. The average Bonchev–Trinajstić information content (AvgIpc) is 3.19. The van der Waals surface area contributed by atoms with Crippen molar-refractivity contribution in [3.63, 3.8) is 0 Å². The summed E-state index contributed by atoms with van der Waals surface area (Å²) in [5, 5.41) is 1.74. The molecule has 2 amide bonds. The van der Waals surface area contributed by atoms with Crippen LogP contribution in [0.2, 0.25) is 0 Å². The number of carbonyl (C=O) groups excluding carboxylic acids is 2. The molecule has 1 saturated heterocycles. The second kappa shape index (κ2) is 9.96. The number of halogens is 3. The third-order valence-corrected chi connectivity index (χ3v) is 6.77. The van der Waals surface area contributed by atoms with E-state index < -0.39 is 29.0 Å². The van der Waals surface area contributed by atoms with Gasteiger partial charge in [-0.05, 0) is 55.9 Å². The molecule has 1 aliphatic heterocycles. The lowest BCUT2D eigenvalue weighted by molar-refractivity contribution is -0.145. The van der Waals surface area contributed by atoms with Crippen LogP contribution in [0.15, 0.2) is 24.4 Å². The van der Waals surface area contributed by atoms with Crippen molar-refractivity contribution < 1.29 is 22.8 Å². The highest BCUT2D eigenvalue weighted by molar-refractivity contribution is 7.09. The van der Waals surface area contributed by atoms with Gasteiger partial charge in [0, 0.05) is 6.54 Å². The lowest BCUT2D eigenvalue weighted by atomic mass is 9.90. The normalized spacial score (nSPS) is 19.9. The van der Waals surface area contributed by atoms with Crippen molar-refractivity contribution in [3.8, 4) is 0 Å². The highest BCUT2D eigenvalue weighted by atomic mass is 32.1. The van der Waals surface area contributed by atoms with E-state index >= 15 is 0 Å². The van der Waals surface area contributed by atoms with Gasteiger partial charge in [0.1, 0.15) is 5.82 Å². The summed E-state index contributed by atoms with van der Waals surface area (Å²) in [6.45, 7) is 9.65. The largest absolute Gasteiger partial charge is 0.443 e. The van der Waals surface area contributed by atoms with Gasteiger partial charge in [-0.3, -0.25) is 9.59 Å². The van der Waals surface area contributed by atoms with Crippen molar-refractivity contribution in [3.05, 3.63) is 44.9 Å². The number of anilines is 2. The van der Waals surface area contributed by atoms with Gasteiger partial charge in [-0.15, -0.1) is 11.3 Å². The number of nitrogens with two attached hydrogens (primary N) is 1. The Balaban J connectivity index is 1.87. The highest BCUT2D eigenvalue weighted by Gasteiger charge is 2.36. The third kappa shape index (κ3) is 5.64. The number of piperidine rings is 1. The number of amides is 2. The van der Waals surface area contributed by atoms with E-state index in [1.165, 1.54) is 17.2 Å². The molecule has 3 rings (SSSR count). The number of carbonyl (C=O) groups is 2. The van der Waals surface area contributed by atoms with Crippen molar-refractivity contribution >= 4 is 46.8 Å². The van der Waals surface area contributed by atoms with Gasteiger partial charge in [0.2, 0.25) is 0 Å². The molecule has 2 aromatic rings. The molecule has 0 aromatic carbocycles. The van der Waals surface area contributed by atoms with E-state index in [1.807, 2.05) is 6.92 Å². The van der Waals surface area contributed by atoms with Crippen LogP contribution in [0.1, 0.15) is 37.3 Å². The molecule has 3 heterocycles. The maximum Gasteiger partial charge on any atom is 0.443 e. The summed E-state index contributed by atoms with van der Waals surface area (Å²) in [5.74, 6) is -1.12. The maximum atomic E-state index is 13.1. The fraction of sp³-hybridized carbons (Fsp3) is 0.391. The Labute approximate surface area is 198 Å². The van der Waals surface area contributed by atoms with E-state index in [9.17, 15) is 22.8 Å². The Morgan fingerprint density at radius 2 is 2.06 bits per heavy atom. The van der Waals surface area contributed by atoms with Crippen LogP contribution in [0.25, 0.3) is 12.2 Å². The van der Waals surface area contributed by atoms with E-state index in [0.29, 0.717) is 51.5 Å². The molecule has 11 heteroatoms. The predicted molar refractivity (Wildman–Crippen MR) is 126 cm³/mol. The van der Waals surface area contributed by atoms with Gasteiger partial charge in [-0.25, -0.2) is 9.97 Å². The Kier molecular flexibility index (Phi) is 7.44. The number of pyridine rings is 1. The van der Waals surface area contributed by atoms with Gasteiger partial charge in [-0.2, -0.15) is 13.2 Å². The zero-order valence-corrected chi connectivity index (χ0v) is 19.9. The van der Waals surface area contributed by atoms with Crippen molar-refractivity contribution in [2.24, 2.45) is 5.92 Å². The monoisotopic (exact) mass is 493 g/mol. The molecule has 0 radical (unpaired) electrons. The summed E-state index contributed by atoms with van der Waals surface area (Å²) in [4.78, 5) is 34.9. The molecular formula is C23H26F3N5O2S. The van der Waals surface area contributed by atoms with Gasteiger partial charge < -0.3 is 16.0 Å². The van der Waals surface area contributed by atoms with Crippen molar-refractivity contribution in [1.29, 1.82) is 0 Å². The van der Waals surface area contributed by atoms with E-state index in [1.54, 1.807) is 26.0 Å². The van der Waals surface area contributed by atoms with Crippen LogP contribution in [0.4, 0.5) is 24.7 Å². The zero-order chi connectivity index (χ0) is 25.2. The molecule has 1 aliphatic rings. The SMILES string of the molecule is C=C(/C=c1/nc(C(F)(F)F)s/c1=C/C)[C@@H]1CC[C@@H](C)CN1C(=O)C(=O)Nc1cnc(N)c(C)c1. The van der Waals surface area contributed by atoms with E-state index in [4.69, 9.17) is 5.73 Å². The van der Waals surface area contributed by atoms with Gasteiger partial charge in [-0.1, -0.05) is 19.6 Å². The van der Waals surface area contributed by atoms with Crippen LogP contribution in [0.3, 0.4) is 0 Å². The predicted octanol–water partition coefficient (Wildman–Crippen LogP) is 2.85. The molecule has 2 atom stereocenters. The minimum absolute atomic E-state index is 0.142. The van der Waals surface area contributed by atoms with Crippen LogP contribution in [0, 0.1) is 12.8 Å². The number of nitrogens with one attached hydrogen (secondary N) is 1. The smallest absolute Gasteiger partial charge is 0.383 e. The number of nitrogen functional groups attached to an aromatic ring is 1. The van der Waals surface area contributed by atoms with Crippen LogP contribution in [-0.2, 0) is 15.8 Å². The van der Waals surface area contributed by atoms with E-state index in [2.05, 4.69) is 21.9 Å². The summed E-state index contributed by atoms with van der Waals surface area (Å²) >= 11 is 0.547. The van der Waals surface area contributed by atoms with E-state index in [0.717, 1.165) is 6.42 Å². The van der Waals surface area contributed by atoms with Crippen molar-refractivity contribution in [2.75, 3.05) is 17.6 Å². The molecule has 2 aromatic heterocycles. The summed E-state index contributed by atoms with van der Waals surface area (Å²) in [6, 6.07) is 1.07. The van der Waals surface area contributed by atoms with Gasteiger partial charge in [0.05, 0.1) is 27.8 Å². The molecular weight excluding hydrogens is 467 g/mol. The highest BCUT2D eigenvalue weighted by Crippen LogP contribution is 2.29. The zero-order valence-electron chi connectivity index (χ0n) is 19.1. The minimum atomic E-state index is -4.55. The molecule has 0 saturated carbocycles. The quantitative estimate of drug-likeness (QED) is 0.641. The van der Waals surface area contributed by atoms with Crippen molar-refractivity contribution in [2.45, 2.75) is 45.8 Å². The Bertz CT molecular complexity index is 1240. The molecule has 0 unspecified atom stereocenters. The number of aryl methyl sites for hydroxylation is 1. The van der Waals surface area contributed by atoms with Crippen LogP contribution in [0.5, 0.6) is 0 Å². The number of hydrogen-bond acceptors (Lipinski definition) is 6. The summed E-state index contributed by atoms with van der Waals surface area (Å²) < 4.78 is 39.7. The number of nitrogens with zero attached hydrogens (tertiary/aromatic N) is 3. The fourth-order valence-electron chi connectivity index (χ4n) is 3.78. The minimum Gasteiger partial charge on any atom is -0.383 e. The second-order valence-electron chi connectivity index (χ2n) is 8.31. The molecule has 182 valence electrons. The summed E-state index contributed by atoms with van der Waals surface area (Å²) in [6.07, 6.45) is 1.13.